The van der Waals surface area contributed by atoms with Crippen LogP contribution in [0.5, 0.6) is 0 Å². The minimum Gasteiger partial charge on any atom is -0.463 e. The van der Waals surface area contributed by atoms with Gasteiger partial charge in [-0.15, -0.1) is 0 Å². The molecule has 0 bridgehead atoms. The number of hydrogen-bond donors (Lipinski definition) is 0. The number of alkyl halides is 3. The van der Waals surface area contributed by atoms with Crippen LogP contribution in [0.4, 0.5) is 13.2 Å². The summed E-state index contributed by atoms with van der Waals surface area (Å²) in [6, 6.07) is 5.14. The van der Waals surface area contributed by atoms with Gasteiger partial charge in [0, 0.05) is 28.6 Å². The van der Waals surface area contributed by atoms with Crippen LogP contribution in [0.3, 0.4) is 0 Å². The topological polar surface area (TPSA) is 31.2 Å². The second kappa shape index (κ2) is 6.55. The summed E-state index contributed by atoms with van der Waals surface area (Å²) >= 11 is 3.28. The van der Waals surface area contributed by atoms with Gasteiger partial charge in [0.1, 0.15) is 0 Å². The molecule has 23 heavy (non-hydrogen) atoms. The van der Waals surface area contributed by atoms with Gasteiger partial charge in [-0.3, -0.25) is 4.79 Å². The number of aromatic nitrogens is 1. The summed E-state index contributed by atoms with van der Waals surface area (Å²) in [5, 5.41) is 0.474. The molecule has 126 valence electrons. The van der Waals surface area contributed by atoms with Crippen molar-refractivity contribution >= 4 is 32.8 Å². The fraction of sp³-hybridized carbons (Fsp3) is 0.438. The van der Waals surface area contributed by atoms with Crippen molar-refractivity contribution in [3.8, 4) is 0 Å². The molecule has 1 atom stereocenters. The van der Waals surface area contributed by atoms with Gasteiger partial charge in [0.25, 0.3) is 0 Å². The third kappa shape index (κ3) is 4.07. The Morgan fingerprint density at radius 1 is 1.35 bits per heavy atom. The Morgan fingerprint density at radius 3 is 2.57 bits per heavy atom. The van der Waals surface area contributed by atoms with Crippen LogP contribution >= 0.6 is 15.9 Å². The van der Waals surface area contributed by atoms with Gasteiger partial charge in [-0.2, -0.15) is 13.2 Å². The first-order valence-corrected chi connectivity index (χ1v) is 7.89. The Labute approximate surface area is 140 Å². The Morgan fingerprint density at radius 2 is 2.00 bits per heavy atom. The van der Waals surface area contributed by atoms with Crippen molar-refractivity contribution in [1.29, 1.82) is 0 Å². The normalized spacial score (nSPS) is 13.6. The maximum atomic E-state index is 13.5. The number of ether oxygens (including phenoxy) is 1. The predicted octanol–water partition coefficient (Wildman–Crippen LogP) is 4.93. The highest BCUT2D eigenvalue weighted by Gasteiger charge is 2.43. The molecule has 0 aliphatic carbocycles. The van der Waals surface area contributed by atoms with E-state index in [0.29, 0.717) is 15.4 Å². The number of aryl methyl sites for hydroxylation is 1. The van der Waals surface area contributed by atoms with E-state index in [9.17, 15) is 18.0 Å². The summed E-state index contributed by atoms with van der Waals surface area (Å²) < 4.78 is 47.7. The van der Waals surface area contributed by atoms with Crippen LogP contribution in [0.25, 0.3) is 10.9 Å². The highest BCUT2D eigenvalue weighted by molar-refractivity contribution is 9.10. The molecule has 2 aromatic rings. The molecule has 1 heterocycles. The lowest BCUT2D eigenvalue weighted by atomic mass is 9.94. The number of nitrogens with zero attached hydrogens (tertiary/aromatic N) is 1. The molecular weight excluding hydrogens is 375 g/mol. The van der Waals surface area contributed by atoms with E-state index in [1.54, 1.807) is 43.7 Å². The Bertz CT molecular complexity index is 722. The summed E-state index contributed by atoms with van der Waals surface area (Å²) in [4.78, 5) is 11.8. The lowest BCUT2D eigenvalue weighted by Gasteiger charge is -2.20. The van der Waals surface area contributed by atoms with E-state index in [0.717, 1.165) is 0 Å². The molecule has 0 N–H and O–H groups in total. The van der Waals surface area contributed by atoms with Crippen LogP contribution in [-0.2, 0) is 16.6 Å². The standard InChI is InChI=1S/C16H17BrF3NO2/c1-9(2)23-15(22)7-13(16(18,19)20)12-8-21(3)14-5-4-10(17)6-11(12)14/h4-6,8-9,13H,7H2,1-3H3/t13-/m0/s1. The third-order valence-corrected chi connectivity index (χ3v) is 3.98. The van der Waals surface area contributed by atoms with Gasteiger partial charge >= 0.3 is 12.1 Å². The molecule has 0 aliphatic heterocycles. The number of carbonyl (C=O) groups is 1. The molecule has 0 radical (unpaired) electrons. The van der Waals surface area contributed by atoms with Gasteiger partial charge in [-0.1, -0.05) is 15.9 Å². The Balaban J connectivity index is 2.48. The number of benzene rings is 1. The summed E-state index contributed by atoms with van der Waals surface area (Å²) in [7, 11) is 1.68. The zero-order valence-corrected chi connectivity index (χ0v) is 14.5. The van der Waals surface area contributed by atoms with Crippen molar-refractivity contribution in [2.24, 2.45) is 7.05 Å². The minimum atomic E-state index is -4.54. The molecule has 1 aromatic heterocycles. The highest BCUT2D eigenvalue weighted by atomic mass is 79.9. The maximum Gasteiger partial charge on any atom is 0.396 e. The molecule has 3 nitrogen and oxygen atoms in total. The average molecular weight is 392 g/mol. The van der Waals surface area contributed by atoms with Gasteiger partial charge in [0.05, 0.1) is 18.4 Å². The molecule has 0 saturated heterocycles. The van der Waals surface area contributed by atoms with Crippen LogP contribution < -0.4 is 0 Å². The fourth-order valence-corrected chi connectivity index (χ4v) is 2.91. The number of halogens is 4. The summed E-state index contributed by atoms with van der Waals surface area (Å²) in [5.74, 6) is -2.75. The van der Waals surface area contributed by atoms with E-state index in [-0.39, 0.29) is 5.56 Å². The lowest BCUT2D eigenvalue weighted by molar-refractivity contribution is -0.168. The first-order valence-electron chi connectivity index (χ1n) is 7.10. The zero-order chi connectivity index (χ0) is 17.4. The maximum absolute atomic E-state index is 13.5. The van der Waals surface area contributed by atoms with E-state index < -0.39 is 30.6 Å². The van der Waals surface area contributed by atoms with Gasteiger partial charge in [-0.05, 0) is 37.6 Å². The quantitative estimate of drug-likeness (QED) is 0.692. The third-order valence-electron chi connectivity index (χ3n) is 3.49. The molecular formula is C16H17BrF3NO2. The smallest absolute Gasteiger partial charge is 0.396 e. The number of esters is 1. The van der Waals surface area contributed by atoms with Crippen molar-refractivity contribution in [1.82, 2.24) is 4.57 Å². The van der Waals surface area contributed by atoms with Crippen molar-refractivity contribution in [2.45, 2.75) is 38.5 Å². The number of fused-ring (bicyclic) bond motifs is 1. The summed E-state index contributed by atoms with van der Waals surface area (Å²) in [6.45, 7) is 3.21. The van der Waals surface area contributed by atoms with Crippen molar-refractivity contribution in [3.63, 3.8) is 0 Å². The van der Waals surface area contributed by atoms with Crippen LogP contribution in [-0.4, -0.2) is 22.8 Å². The molecule has 0 saturated carbocycles. The molecule has 0 amide bonds. The van der Waals surface area contributed by atoms with E-state index >= 15 is 0 Å². The first-order chi connectivity index (χ1) is 10.6. The molecule has 2 rings (SSSR count). The van der Waals surface area contributed by atoms with Crippen molar-refractivity contribution in [2.75, 3.05) is 0 Å². The van der Waals surface area contributed by atoms with E-state index in [1.807, 2.05) is 0 Å². The van der Waals surface area contributed by atoms with Crippen LogP contribution in [0, 0.1) is 0 Å². The predicted molar refractivity (Wildman–Crippen MR) is 85.3 cm³/mol. The number of hydrogen-bond acceptors (Lipinski definition) is 2. The largest absolute Gasteiger partial charge is 0.463 e. The molecule has 0 aliphatic rings. The highest BCUT2D eigenvalue weighted by Crippen LogP contribution is 2.41. The van der Waals surface area contributed by atoms with Crippen molar-refractivity contribution < 1.29 is 22.7 Å². The van der Waals surface area contributed by atoms with Gasteiger partial charge in [0.2, 0.25) is 0 Å². The second-order valence-electron chi connectivity index (χ2n) is 5.69. The van der Waals surface area contributed by atoms with Crippen molar-refractivity contribution in [3.05, 3.63) is 34.4 Å². The minimum absolute atomic E-state index is 0.0806. The molecule has 0 unspecified atom stereocenters. The average Bonchev–Trinajstić information content (AvgIpc) is 2.70. The monoisotopic (exact) mass is 391 g/mol. The van der Waals surface area contributed by atoms with Gasteiger partial charge in [-0.25, -0.2) is 0 Å². The molecule has 7 heteroatoms. The Hall–Kier alpha value is -1.50. The van der Waals surface area contributed by atoms with E-state index in [4.69, 9.17) is 4.74 Å². The van der Waals surface area contributed by atoms with Crippen LogP contribution in [0.2, 0.25) is 0 Å². The Kier molecular flexibility index (Phi) is 5.08. The SMILES string of the molecule is CC(C)OC(=O)C[C@@H](c1cn(C)c2ccc(Br)cc12)C(F)(F)F. The van der Waals surface area contributed by atoms with Crippen LogP contribution in [0.15, 0.2) is 28.9 Å². The second-order valence-corrected chi connectivity index (χ2v) is 6.61. The van der Waals surface area contributed by atoms with Gasteiger partial charge in [0.15, 0.2) is 0 Å². The number of rotatable bonds is 4. The van der Waals surface area contributed by atoms with E-state index in [1.165, 1.54) is 6.20 Å². The molecule has 0 fully saturated rings. The van der Waals surface area contributed by atoms with Gasteiger partial charge < -0.3 is 9.30 Å². The fourth-order valence-electron chi connectivity index (χ4n) is 2.55. The zero-order valence-electron chi connectivity index (χ0n) is 12.9. The first kappa shape index (κ1) is 17.8. The molecule has 1 aromatic carbocycles. The summed E-state index contributed by atoms with van der Waals surface area (Å²) in [6.07, 6.45) is -4.28. The number of carbonyl (C=O) groups excluding carboxylic acids is 1. The lowest BCUT2D eigenvalue weighted by Crippen LogP contribution is -2.25. The summed E-state index contributed by atoms with van der Waals surface area (Å²) in [5.41, 5.74) is 0.756. The molecule has 0 spiro atoms. The van der Waals surface area contributed by atoms with Crippen LogP contribution in [0.1, 0.15) is 31.7 Å². The van der Waals surface area contributed by atoms with E-state index in [2.05, 4.69) is 15.9 Å².